The van der Waals surface area contributed by atoms with E-state index in [2.05, 4.69) is 5.32 Å². The molecule has 2 rings (SSSR count). The molecule has 0 heterocycles. The van der Waals surface area contributed by atoms with Crippen LogP contribution in [0.25, 0.3) is 0 Å². The summed E-state index contributed by atoms with van der Waals surface area (Å²) in [6, 6.07) is 6.02. The predicted octanol–water partition coefficient (Wildman–Crippen LogP) is 3.44. The van der Waals surface area contributed by atoms with E-state index in [1.807, 2.05) is 0 Å². The highest BCUT2D eigenvalue weighted by Gasteiger charge is 2.24. The van der Waals surface area contributed by atoms with Crippen molar-refractivity contribution in [3.8, 4) is 5.75 Å². The minimum atomic E-state index is -0.919. The standard InChI is InChI=1S/C18H20F2N2O5/c1-11-4-5-15(14(20)7-11)21-16-8-12(19)9-17(18(16)22(25)26)27-6-2-3-13(24)10-23/h4-5,7-9,13,21,23-24H,2-3,6,10H2,1H3. The summed E-state index contributed by atoms with van der Waals surface area (Å²) in [6.07, 6.45) is -0.401. The first-order chi connectivity index (χ1) is 12.8. The van der Waals surface area contributed by atoms with E-state index in [-0.39, 0.29) is 30.2 Å². The molecule has 0 radical (unpaired) electrons. The Labute approximate surface area is 154 Å². The molecule has 1 unspecified atom stereocenters. The first-order valence-corrected chi connectivity index (χ1v) is 8.24. The minimum absolute atomic E-state index is 0.0281. The van der Waals surface area contributed by atoms with Crippen LogP contribution in [0, 0.1) is 28.7 Å². The van der Waals surface area contributed by atoms with Crippen LogP contribution in [0.2, 0.25) is 0 Å². The van der Waals surface area contributed by atoms with Crippen LogP contribution in [-0.4, -0.2) is 34.5 Å². The highest BCUT2D eigenvalue weighted by molar-refractivity contribution is 5.74. The number of aryl methyl sites for hydroxylation is 1. The number of nitro groups is 1. The Morgan fingerprint density at radius 3 is 2.63 bits per heavy atom. The number of ether oxygens (including phenoxy) is 1. The lowest BCUT2D eigenvalue weighted by molar-refractivity contribution is -0.385. The zero-order chi connectivity index (χ0) is 20.0. The quantitative estimate of drug-likeness (QED) is 0.349. The second kappa shape index (κ2) is 9.24. The molecule has 146 valence electrons. The van der Waals surface area contributed by atoms with Crippen LogP contribution in [0.5, 0.6) is 5.75 Å². The molecule has 0 aliphatic carbocycles. The Morgan fingerprint density at radius 2 is 2.00 bits per heavy atom. The van der Waals surface area contributed by atoms with Crippen LogP contribution in [0.3, 0.4) is 0 Å². The van der Waals surface area contributed by atoms with Gasteiger partial charge in [0.25, 0.3) is 0 Å². The molecule has 2 aromatic rings. The van der Waals surface area contributed by atoms with Crippen molar-refractivity contribution in [3.63, 3.8) is 0 Å². The van der Waals surface area contributed by atoms with Crippen LogP contribution in [-0.2, 0) is 0 Å². The highest BCUT2D eigenvalue weighted by atomic mass is 19.1. The van der Waals surface area contributed by atoms with Gasteiger partial charge in [0.05, 0.1) is 29.9 Å². The smallest absolute Gasteiger partial charge is 0.334 e. The molecule has 0 bridgehead atoms. The third kappa shape index (κ3) is 5.60. The molecule has 2 aromatic carbocycles. The van der Waals surface area contributed by atoms with Crippen molar-refractivity contribution in [1.29, 1.82) is 0 Å². The van der Waals surface area contributed by atoms with Gasteiger partial charge in [-0.3, -0.25) is 10.1 Å². The van der Waals surface area contributed by atoms with E-state index in [1.54, 1.807) is 13.0 Å². The molecule has 27 heavy (non-hydrogen) atoms. The molecule has 9 heteroatoms. The fourth-order valence-corrected chi connectivity index (χ4v) is 2.43. The van der Waals surface area contributed by atoms with Crippen molar-refractivity contribution in [1.82, 2.24) is 0 Å². The normalized spacial score (nSPS) is 11.9. The van der Waals surface area contributed by atoms with Crippen molar-refractivity contribution in [2.45, 2.75) is 25.9 Å². The van der Waals surface area contributed by atoms with Crippen LogP contribution >= 0.6 is 0 Å². The van der Waals surface area contributed by atoms with Crippen LogP contribution in [0.1, 0.15) is 18.4 Å². The third-order valence-corrected chi connectivity index (χ3v) is 3.77. The van der Waals surface area contributed by atoms with Gasteiger partial charge < -0.3 is 20.3 Å². The van der Waals surface area contributed by atoms with Crippen LogP contribution in [0.15, 0.2) is 30.3 Å². The van der Waals surface area contributed by atoms with Gasteiger partial charge in [-0.25, -0.2) is 8.78 Å². The maximum Gasteiger partial charge on any atom is 0.334 e. The van der Waals surface area contributed by atoms with Crippen molar-refractivity contribution in [2.75, 3.05) is 18.5 Å². The number of anilines is 2. The van der Waals surface area contributed by atoms with Crippen LogP contribution in [0.4, 0.5) is 25.8 Å². The van der Waals surface area contributed by atoms with E-state index in [9.17, 15) is 24.0 Å². The number of nitro benzene ring substituents is 1. The van der Waals surface area contributed by atoms with E-state index in [0.29, 0.717) is 12.0 Å². The van der Waals surface area contributed by atoms with Gasteiger partial charge in [0.2, 0.25) is 5.75 Å². The minimum Gasteiger partial charge on any atom is -0.487 e. The lowest BCUT2D eigenvalue weighted by Gasteiger charge is -2.13. The van der Waals surface area contributed by atoms with Gasteiger partial charge in [-0.2, -0.15) is 0 Å². The molecule has 0 amide bonds. The fraction of sp³-hybridized carbons (Fsp3) is 0.333. The molecule has 0 spiro atoms. The van der Waals surface area contributed by atoms with E-state index in [0.717, 1.165) is 12.1 Å². The van der Waals surface area contributed by atoms with E-state index < -0.39 is 35.0 Å². The summed E-state index contributed by atoms with van der Waals surface area (Å²) in [5.41, 5.74) is -0.139. The second-order valence-corrected chi connectivity index (χ2v) is 5.99. The largest absolute Gasteiger partial charge is 0.487 e. The Morgan fingerprint density at radius 1 is 1.26 bits per heavy atom. The summed E-state index contributed by atoms with van der Waals surface area (Å²) in [6.45, 7) is 1.26. The monoisotopic (exact) mass is 382 g/mol. The summed E-state index contributed by atoms with van der Waals surface area (Å²) < 4.78 is 33.2. The molecular formula is C18H20F2N2O5. The number of nitrogens with zero attached hydrogens (tertiary/aromatic N) is 1. The molecule has 0 aliphatic rings. The fourth-order valence-electron chi connectivity index (χ4n) is 2.43. The Bertz CT molecular complexity index is 817. The van der Waals surface area contributed by atoms with Gasteiger partial charge in [-0.05, 0) is 37.5 Å². The average molecular weight is 382 g/mol. The first kappa shape index (κ1) is 20.5. The summed E-state index contributed by atoms with van der Waals surface area (Å²) in [5, 5.41) is 32.0. The second-order valence-electron chi connectivity index (χ2n) is 5.99. The molecule has 0 aromatic heterocycles. The predicted molar refractivity (Wildman–Crippen MR) is 95.3 cm³/mol. The number of nitrogens with one attached hydrogen (secondary N) is 1. The zero-order valence-electron chi connectivity index (χ0n) is 14.6. The van der Waals surface area contributed by atoms with Crippen molar-refractivity contribution < 1.29 is 28.7 Å². The number of aliphatic hydroxyl groups excluding tert-OH is 2. The van der Waals surface area contributed by atoms with Crippen LogP contribution < -0.4 is 10.1 Å². The summed E-state index contributed by atoms with van der Waals surface area (Å²) in [7, 11) is 0. The lowest BCUT2D eigenvalue weighted by atomic mass is 10.2. The average Bonchev–Trinajstić information content (AvgIpc) is 2.60. The topological polar surface area (TPSA) is 105 Å². The summed E-state index contributed by atoms with van der Waals surface area (Å²) >= 11 is 0. The van der Waals surface area contributed by atoms with E-state index in [4.69, 9.17) is 9.84 Å². The van der Waals surface area contributed by atoms with E-state index in [1.165, 1.54) is 12.1 Å². The van der Waals surface area contributed by atoms with Gasteiger partial charge in [-0.15, -0.1) is 0 Å². The highest BCUT2D eigenvalue weighted by Crippen LogP contribution is 2.38. The number of aliphatic hydroxyl groups is 2. The van der Waals surface area contributed by atoms with Crippen molar-refractivity contribution in [2.24, 2.45) is 0 Å². The molecule has 7 nitrogen and oxygen atoms in total. The molecular weight excluding hydrogens is 362 g/mol. The Hall–Kier alpha value is -2.78. The van der Waals surface area contributed by atoms with Gasteiger partial charge >= 0.3 is 5.69 Å². The van der Waals surface area contributed by atoms with Gasteiger partial charge in [0.15, 0.2) is 0 Å². The lowest BCUT2D eigenvalue weighted by Crippen LogP contribution is -2.13. The SMILES string of the molecule is Cc1ccc(Nc2cc(F)cc(OCCCC(O)CO)c2[N+](=O)[O-])c(F)c1. The number of halogens is 2. The van der Waals surface area contributed by atoms with Gasteiger partial charge in [0.1, 0.15) is 17.3 Å². The van der Waals surface area contributed by atoms with Gasteiger partial charge in [-0.1, -0.05) is 6.07 Å². The van der Waals surface area contributed by atoms with E-state index >= 15 is 0 Å². The number of hydrogen-bond donors (Lipinski definition) is 3. The number of rotatable bonds is 9. The first-order valence-electron chi connectivity index (χ1n) is 8.24. The molecule has 0 saturated heterocycles. The molecule has 3 N–H and O–H groups in total. The summed E-state index contributed by atoms with van der Waals surface area (Å²) in [4.78, 5) is 10.7. The molecule has 0 fully saturated rings. The maximum atomic E-state index is 14.0. The molecule has 1 atom stereocenters. The summed E-state index contributed by atoms with van der Waals surface area (Å²) in [5.74, 6) is -1.73. The van der Waals surface area contributed by atoms with Crippen molar-refractivity contribution in [3.05, 3.63) is 57.6 Å². The maximum absolute atomic E-state index is 14.0. The third-order valence-electron chi connectivity index (χ3n) is 3.77. The number of hydrogen-bond acceptors (Lipinski definition) is 6. The Balaban J connectivity index is 2.26. The number of benzene rings is 2. The van der Waals surface area contributed by atoms with Crippen molar-refractivity contribution >= 4 is 17.1 Å². The molecule has 0 saturated carbocycles. The molecule has 0 aliphatic heterocycles. The van der Waals surface area contributed by atoms with Gasteiger partial charge in [0, 0.05) is 12.1 Å². The Kier molecular flexibility index (Phi) is 7.03. The zero-order valence-corrected chi connectivity index (χ0v) is 14.6.